The average molecular weight is 308 g/mol. The normalized spacial score (nSPS) is 26.5. The molecule has 2 fully saturated rings. The number of morpholine rings is 1. The highest BCUT2D eigenvalue weighted by Gasteiger charge is 2.37. The quantitative estimate of drug-likeness (QED) is 0.800. The van der Waals surface area contributed by atoms with Gasteiger partial charge in [0.25, 0.3) is 5.91 Å². The van der Waals surface area contributed by atoms with Gasteiger partial charge >= 0.3 is 0 Å². The number of carbonyl (C=O) groups is 1. The first-order valence-electron chi connectivity index (χ1n) is 7.89. The zero-order chi connectivity index (χ0) is 15.5. The Bertz CT molecular complexity index is 513. The number of hydrogen-bond acceptors (Lipinski definition) is 5. The number of aliphatic hydroxyl groups excluding tert-OH is 1. The summed E-state index contributed by atoms with van der Waals surface area (Å²) in [6.07, 6.45) is 1.55. The molecule has 0 unspecified atom stereocenters. The number of imidazole rings is 1. The predicted molar refractivity (Wildman–Crippen MR) is 80.6 cm³/mol. The van der Waals surface area contributed by atoms with Gasteiger partial charge < -0.3 is 19.7 Å². The molecule has 0 spiro atoms. The fourth-order valence-electron chi connectivity index (χ4n) is 3.36. The average Bonchev–Trinajstić information content (AvgIpc) is 3.14. The van der Waals surface area contributed by atoms with Crippen LogP contribution in [0, 0.1) is 18.8 Å². The molecule has 122 valence electrons. The van der Waals surface area contributed by atoms with Crippen molar-refractivity contribution in [3.05, 3.63) is 17.7 Å². The lowest BCUT2D eigenvalue weighted by atomic mass is 9.96. The molecular weight excluding hydrogens is 284 g/mol. The van der Waals surface area contributed by atoms with E-state index in [1.165, 1.54) is 0 Å². The van der Waals surface area contributed by atoms with Crippen molar-refractivity contribution in [1.82, 2.24) is 19.8 Å². The highest BCUT2D eigenvalue weighted by atomic mass is 16.5. The van der Waals surface area contributed by atoms with Gasteiger partial charge in [-0.2, -0.15) is 0 Å². The lowest BCUT2D eigenvalue weighted by Crippen LogP contribution is -2.41. The number of ether oxygens (including phenoxy) is 1. The van der Waals surface area contributed by atoms with Crippen LogP contribution in [0.15, 0.2) is 6.33 Å². The third-order valence-corrected chi connectivity index (χ3v) is 4.73. The SMILES string of the molecule is Cc1[nH]cnc1C(=O)N1C[C@@H](CN2CCOCC2)[C@@H](CO)C1. The third kappa shape index (κ3) is 3.16. The van der Waals surface area contributed by atoms with Crippen LogP contribution < -0.4 is 0 Å². The van der Waals surface area contributed by atoms with Crippen LogP contribution >= 0.6 is 0 Å². The summed E-state index contributed by atoms with van der Waals surface area (Å²) in [5, 5.41) is 9.65. The number of nitrogens with zero attached hydrogens (tertiary/aromatic N) is 3. The van der Waals surface area contributed by atoms with Gasteiger partial charge in [0.05, 0.1) is 19.5 Å². The number of carbonyl (C=O) groups excluding carboxylic acids is 1. The van der Waals surface area contributed by atoms with Gasteiger partial charge in [-0.3, -0.25) is 9.69 Å². The van der Waals surface area contributed by atoms with Crippen molar-refractivity contribution >= 4 is 5.91 Å². The molecule has 2 atom stereocenters. The van der Waals surface area contributed by atoms with E-state index < -0.39 is 0 Å². The summed E-state index contributed by atoms with van der Waals surface area (Å²) in [7, 11) is 0. The van der Waals surface area contributed by atoms with Gasteiger partial charge in [0.15, 0.2) is 0 Å². The molecule has 1 amide bonds. The number of amides is 1. The molecule has 2 N–H and O–H groups in total. The second kappa shape index (κ2) is 6.76. The summed E-state index contributed by atoms with van der Waals surface area (Å²) >= 11 is 0. The van der Waals surface area contributed by atoms with Crippen LogP contribution in [0.4, 0.5) is 0 Å². The second-order valence-corrected chi connectivity index (χ2v) is 6.20. The molecule has 1 aromatic heterocycles. The minimum atomic E-state index is -0.0401. The third-order valence-electron chi connectivity index (χ3n) is 4.73. The smallest absolute Gasteiger partial charge is 0.274 e. The molecule has 0 radical (unpaired) electrons. The number of nitrogens with one attached hydrogen (secondary N) is 1. The molecule has 2 saturated heterocycles. The molecule has 7 heteroatoms. The van der Waals surface area contributed by atoms with E-state index in [0.29, 0.717) is 24.7 Å². The van der Waals surface area contributed by atoms with E-state index in [-0.39, 0.29) is 18.4 Å². The molecule has 2 aliphatic heterocycles. The lowest BCUT2D eigenvalue weighted by Gasteiger charge is -2.30. The number of rotatable bonds is 4. The largest absolute Gasteiger partial charge is 0.396 e. The Morgan fingerprint density at radius 3 is 2.77 bits per heavy atom. The minimum Gasteiger partial charge on any atom is -0.396 e. The summed E-state index contributed by atoms with van der Waals surface area (Å²) in [4.78, 5) is 23.8. The molecule has 0 aliphatic carbocycles. The first kappa shape index (κ1) is 15.5. The van der Waals surface area contributed by atoms with Gasteiger partial charge in [0, 0.05) is 50.9 Å². The Morgan fingerprint density at radius 1 is 1.41 bits per heavy atom. The maximum atomic E-state index is 12.6. The van der Waals surface area contributed by atoms with Crippen LogP contribution in [0.25, 0.3) is 0 Å². The van der Waals surface area contributed by atoms with Crippen molar-refractivity contribution in [2.75, 3.05) is 52.5 Å². The molecule has 2 aliphatic rings. The van der Waals surface area contributed by atoms with Crippen LogP contribution in [0.3, 0.4) is 0 Å². The molecule has 0 aromatic carbocycles. The Morgan fingerprint density at radius 2 is 2.14 bits per heavy atom. The summed E-state index contributed by atoms with van der Waals surface area (Å²) in [6.45, 7) is 7.59. The van der Waals surface area contributed by atoms with Gasteiger partial charge in [0.1, 0.15) is 5.69 Å². The van der Waals surface area contributed by atoms with Crippen molar-refractivity contribution in [3.63, 3.8) is 0 Å². The van der Waals surface area contributed by atoms with E-state index in [1.807, 2.05) is 11.8 Å². The summed E-state index contributed by atoms with van der Waals surface area (Å²) < 4.78 is 5.37. The zero-order valence-electron chi connectivity index (χ0n) is 13.0. The standard InChI is InChI=1S/C15H24N4O3/c1-11-14(17-10-16-11)15(21)19-7-12(13(8-19)9-20)6-18-2-4-22-5-3-18/h10,12-13,20H,2-9H2,1H3,(H,16,17)/t12-,13-/m1/s1. The van der Waals surface area contributed by atoms with Gasteiger partial charge in [-0.15, -0.1) is 0 Å². The van der Waals surface area contributed by atoms with Crippen molar-refractivity contribution in [3.8, 4) is 0 Å². The minimum absolute atomic E-state index is 0.0401. The van der Waals surface area contributed by atoms with Crippen molar-refractivity contribution in [1.29, 1.82) is 0 Å². The lowest BCUT2D eigenvalue weighted by molar-refractivity contribution is 0.0264. The maximum absolute atomic E-state index is 12.6. The highest BCUT2D eigenvalue weighted by Crippen LogP contribution is 2.26. The Kier molecular flexibility index (Phi) is 4.75. The molecular formula is C15H24N4O3. The number of H-pyrrole nitrogens is 1. The van der Waals surface area contributed by atoms with Crippen LogP contribution in [0.2, 0.25) is 0 Å². The van der Waals surface area contributed by atoms with Crippen molar-refractivity contribution in [2.45, 2.75) is 6.92 Å². The van der Waals surface area contributed by atoms with Crippen LogP contribution in [0.5, 0.6) is 0 Å². The molecule has 0 bridgehead atoms. The molecule has 0 saturated carbocycles. The Balaban J connectivity index is 1.63. The van der Waals surface area contributed by atoms with Gasteiger partial charge in [-0.1, -0.05) is 0 Å². The monoisotopic (exact) mass is 308 g/mol. The zero-order valence-corrected chi connectivity index (χ0v) is 13.0. The number of likely N-dealkylation sites (tertiary alicyclic amines) is 1. The number of aromatic amines is 1. The molecule has 1 aromatic rings. The van der Waals surface area contributed by atoms with Crippen molar-refractivity contribution < 1.29 is 14.6 Å². The molecule has 7 nitrogen and oxygen atoms in total. The second-order valence-electron chi connectivity index (χ2n) is 6.20. The van der Waals surface area contributed by atoms with Crippen LogP contribution in [0.1, 0.15) is 16.2 Å². The molecule has 3 rings (SSSR count). The summed E-state index contributed by atoms with van der Waals surface area (Å²) in [5.74, 6) is 0.416. The topological polar surface area (TPSA) is 81.7 Å². The van der Waals surface area contributed by atoms with E-state index in [0.717, 1.165) is 38.5 Å². The predicted octanol–water partition coefficient (Wildman–Crippen LogP) is -0.269. The van der Waals surface area contributed by atoms with E-state index >= 15 is 0 Å². The van der Waals surface area contributed by atoms with E-state index in [4.69, 9.17) is 4.74 Å². The number of hydrogen-bond donors (Lipinski definition) is 2. The first-order chi connectivity index (χ1) is 10.7. The van der Waals surface area contributed by atoms with Gasteiger partial charge in [0.2, 0.25) is 0 Å². The number of aryl methyl sites for hydroxylation is 1. The van der Waals surface area contributed by atoms with Gasteiger partial charge in [-0.25, -0.2) is 4.98 Å². The van der Waals surface area contributed by atoms with E-state index in [1.54, 1.807) is 6.33 Å². The molecule has 22 heavy (non-hydrogen) atoms. The summed E-state index contributed by atoms with van der Waals surface area (Å²) in [6, 6.07) is 0. The fourth-order valence-corrected chi connectivity index (χ4v) is 3.36. The van der Waals surface area contributed by atoms with Crippen molar-refractivity contribution in [2.24, 2.45) is 11.8 Å². The summed E-state index contributed by atoms with van der Waals surface area (Å²) in [5.41, 5.74) is 1.28. The fraction of sp³-hybridized carbons (Fsp3) is 0.733. The Hall–Kier alpha value is -1.44. The maximum Gasteiger partial charge on any atom is 0.274 e. The number of aliphatic hydroxyl groups is 1. The first-order valence-corrected chi connectivity index (χ1v) is 7.89. The highest BCUT2D eigenvalue weighted by molar-refractivity contribution is 5.93. The Labute approximate surface area is 130 Å². The van der Waals surface area contributed by atoms with Gasteiger partial charge in [-0.05, 0) is 12.8 Å². The number of aromatic nitrogens is 2. The molecule has 3 heterocycles. The van der Waals surface area contributed by atoms with E-state index in [9.17, 15) is 9.90 Å². The van der Waals surface area contributed by atoms with Crippen LogP contribution in [-0.2, 0) is 4.74 Å². The van der Waals surface area contributed by atoms with Crippen LogP contribution in [-0.4, -0.2) is 83.3 Å². The van der Waals surface area contributed by atoms with E-state index in [2.05, 4.69) is 14.9 Å².